The van der Waals surface area contributed by atoms with Crippen LogP contribution in [0.4, 0.5) is 0 Å². The molecule has 0 spiro atoms. The zero-order valence-corrected chi connectivity index (χ0v) is 13.2. The summed E-state index contributed by atoms with van der Waals surface area (Å²) in [6.45, 7) is 2.27. The Morgan fingerprint density at radius 1 is 1.23 bits per heavy atom. The Balaban J connectivity index is 1.72. The van der Waals surface area contributed by atoms with Crippen LogP contribution in [0.25, 0.3) is 0 Å². The molecule has 2 aliphatic rings. The molecule has 1 atom stereocenters. The minimum Gasteiger partial charge on any atom is -0.447 e. The highest BCUT2D eigenvalue weighted by Gasteiger charge is 2.32. The van der Waals surface area contributed by atoms with Gasteiger partial charge in [-0.25, -0.2) is 8.42 Å². The van der Waals surface area contributed by atoms with Gasteiger partial charge in [-0.1, -0.05) is 0 Å². The van der Waals surface area contributed by atoms with E-state index in [1.165, 1.54) is 10.4 Å². The number of nitrogens with zero attached hydrogens (tertiary/aromatic N) is 2. The number of likely N-dealkylation sites (tertiary alicyclic amines) is 1. The van der Waals surface area contributed by atoms with Gasteiger partial charge in [0.15, 0.2) is 0 Å². The highest BCUT2D eigenvalue weighted by Crippen LogP contribution is 2.25. The van der Waals surface area contributed by atoms with Crippen molar-refractivity contribution in [2.45, 2.75) is 43.4 Å². The van der Waals surface area contributed by atoms with E-state index in [9.17, 15) is 13.2 Å². The van der Waals surface area contributed by atoms with Crippen molar-refractivity contribution >= 4 is 15.9 Å². The molecule has 1 aromatic heterocycles. The van der Waals surface area contributed by atoms with Crippen molar-refractivity contribution in [2.24, 2.45) is 5.73 Å². The van der Waals surface area contributed by atoms with Gasteiger partial charge in [-0.3, -0.25) is 9.69 Å². The van der Waals surface area contributed by atoms with E-state index in [0.717, 1.165) is 32.2 Å². The van der Waals surface area contributed by atoms with Crippen LogP contribution in [0.3, 0.4) is 0 Å². The van der Waals surface area contributed by atoms with Gasteiger partial charge in [-0.2, -0.15) is 4.31 Å². The van der Waals surface area contributed by atoms with Gasteiger partial charge in [-0.05, 0) is 44.4 Å². The molecule has 1 aromatic rings. The topological polar surface area (TPSA) is 96.8 Å². The molecular weight excluding hydrogens is 306 g/mol. The van der Waals surface area contributed by atoms with Crippen LogP contribution in [0, 0.1) is 0 Å². The van der Waals surface area contributed by atoms with Crippen LogP contribution in [-0.4, -0.2) is 49.2 Å². The first kappa shape index (κ1) is 15.5. The summed E-state index contributed by atoms with van der Waals surface area (Å²) in [7, 11) is -3.52. The lowest BCUT2D eigenvalue weighted by molar-refractivity contribution is -0.122. The first-order valence-corrected chi connectivity index (χ1v) is 9.05. The van der Waals surface area contributed by atoms with Gasteiger partial charge in [0.1, 0.15) is 5.76 Å². The Kier molecular flexibility index (Phi) is 4.24. The molecule has 2 saturated heterocycles. The summed E-state index contributed by atoms with van der Waals surface area (Å²) >= 11 is 0. The highest BCUT2D eigenvalue weighted by atomic mass is 32.2. The van der Waals surface area contributed by atoms with Gasteiger partial charge in [0.2, 0.25) is 11.0 Å². The van der Waals surface area contributed by atoms with E-state index in [-0.39, 0.29) is 17.0 Å². The Hall–Kier alpha value is -1.38. The Labute approximate surface area is 130 Å². The summed E-state index contributed by atoms with van der Waals surface area (Å²) in [5.74, 6) is 0.208. The van der Waals surface area contributed by atoms with Gasteiger partial charge in [-0.15, -0.1) is 0 Å². The molecule has 22 heavy (non-hydrogen) atoms. The third-order valence-corrected chi connectivity index (χ3v) is 6.12. The van der Waals surface area contributed by atoms with Crippen LogP contribution >= 0.6 is 0 Å². The average Bonchev–Trinajstić information content (AvgIpc) is 3.21. The number of sulfonamides is 1. The highest BCUT2D eigenvalue weighted by molar-refractivity contribution is 7.89. The van der Waals surface area contributed by atoms with Crippen molar-refractivity contribution < 1.29 is 17.6 Å². The molecule has 1 amide bonds. The van der Waals surface area contributed by atoms with Crippen LogP contribution in [0.2, 0.25) is 0 Å². The second-order valence-corrected chi connectivity index (χ2v) is 7.73. The van der Waals surface area contributed by atoms with Gasteiger partial charge in [0, 0.05) is 13.1 Å². The second-order valence-electron chi connectivity index (χ2n) is 5.86. The summed E-state index contributed by atoms with van der Waals surface area (Å²) in [6, 6.07) is 2.88. The molecule has 7 nitrogen and oxygen atoms in total. The van der Waals surface area contributed by atoms with Gasteiger partial charge in [0.05, 0.1) is 12.6 Å². The van der Waals surface area contributed by atoms with Crippen molar-refractivity contribution in [3.05, 3.63) is 17.9 Å². The summed E-state index contributed by atoms with van der Waals surface area (Å²) < 4.78 is 31.8. The van der Waals surface area contributed by atoms with Crippen molar-refractivity contribution in [1.82, 2.24) is 9.21 Å². The number of nitrogens with two attached hydrogens (primary N) is 1. The van der Waals surface area contributed by atoms with Crippen molar-refractivity contribution in [1.29, 1.82) is 0 Å². The number of carbonyl (C=O) groups is 1. The SMILES string of the molecule is NC(=O)[C@@H]1CCCN1Cc1ccc(S(=O)(=O)N2CCCC2)o1. The smallest absolute Gasteiger partial charge is 0.276 e. The molecule has 3 heterocycles. The van der Waals surface area contributed by atoms with Gasteiger partial charge >= 0.3 is 0 Å². The molecular formula is C14H21N3O4S. The van der Waals surface area contributed by atoms with Crippen molar-refractivity contribution in [2.75, 3.05) is 19.6 Å². The van der Waals surface area contributed by atoms with E-state index < -0.39 is 10.0 Å². The van der Waals surface area contributed by atoms with Crippen LogP contribution in [0.5, 0.6) is 0 Å². The van der Waals surface area contributed by atoms with Crippen LogP contribution in [0.1, 0.15) is 31.4 Å². The Morgan fingerprint density at radius 3 is 2.64 bits per heavy atom. The van der Waals surface area contributed by atoms with Crippen LogP contribution < -0.4 is 5.73 Å². The van der Waals surface area contributed by atoms with E-state index in [1.807, 2.05) is 4.90 Å². The molecule has 0 saturated carbocycles. The maximum Gasteiger partial charge on any atom is 0.276 e. The lowest BCUT2D eigenvalue weighted by Crippen LogP contribution is -2.39. The van der Waals surface area contributed by atoms with Gasteiger partial charge < -0.3 is 10.2 Å². The average molecular weight is 327 g/mol. The number of rotatable bonds is 5. The minimum atomic E-state index is -3.52. The quantitative estimate of drug-likeness (QED) is 0.850. The monoisotopic (exact) mass is 327 g/mol. The molecule has 2 fully saturated rings. The summed E-state index contributed by atoms with van der Waals surface area (Å²) in [5, 5.41) is -0.0146. The van der Waals surface area contributed by atoms with Crippen LogP contribution in [0.15, 0.2) is 21.6 Å². The molecule has 0 aromatic carbocycles. The fraction of sp³-hybridized carbons (Fsp3) is 0.643. The Bertz CT molecular complexity index is 649. The minimum absolute atomic E-state index is 0.0146. The number of carbonyl (C=O) groups excluding carboxylic acids is 1. The molecule has 3 rings (SSSR count). The van der Waals surface area contributed by atoms with E-state index >= 15 is 0 Å². The first-order valence-electron chi connectivity index (χ1n) is 7.61. The number of hydrogen-bond donors (Lipinski definition) is 1. The zero-order chi connectivity index (χ0) is 15.7. The summed E-state index contributed by atoms with van der Waals surface area (Å²) in [5.41, 5.74) is 5.39. The molecule has 2 aliphatic heterocycles. The third-order valence-electron chi connectivity index (χ3n) is 4.35. The zero-order valence-electron chi connectivity index (χ0n) is 12.4. The number of hydrogen-bond acceptors (Lipinski definition) is 5. The number of primary amides is 1. The normalized spacial score (nSPS) is 24.1. The predicted molar refractivity (Wildman–Crippen MR) is 79.3 cm³/mol. The molecule has 0 unspecified atom stereocenters. The lowest BCUT2D eigenvalue weighted by atomic mass is 10.2. The van der Waals surface area contributed by atoms with Crippen LogP contribution in [-0.2, 0) is 21.4 Å². The number of amides is 1. The Morgan fingerprint density at radius 2 is 1.95 bits per heavy atom. The van der Waals surface area contributed by atoms with Gasteiger partial charge in [0.25, 0.3) is 10.0 Å². The third kappa shape index (κ3) is 2.90. The first-order chi connectivity index (χ1) is 10.5. The second kappa shape index (κ2) is 6.02. The number of furan rings is 1. The predicted octanol–water partition coefficient (Wildman–Crippen LogP) is 0.514. The summed E-state index contributed by atoms with van der Waals surface area (Å²) in [4.78, 5) is 13.3. The molecule has 0 bridgehead atoms. The van der Waals surface area contributed by atoms with E-state index in [1.54, 1.807) is 6.07 Å². The van der Waals surface area contributed by atoms with E-state index in [2.05, 4.69) is 0 Å². The van der Waals surface area contributed by atoms with Crippen molar-refractivity contribution in [3.63, 3.8) is 0 Å². The molecule has 122 valence electrons. The fourth-order valence-electron chi connectivity index (χ4n) is 3.18. The van der Waals surface area contributed by atoms with Crippen molar-refractivity contribution in [3.8, 4) is 0 Å². The molecule has 2 N–H and O–H groups in total. The largest absolute Gasteiger partial charge is 0.447 e. The maximum absolute atomic E-state index is 12.4. The van der Waals surface area contributed by atoms with E-state index in [0.29, 0.717) is 25.4 Å². The van der Waals surface area contributed by atoms with E-state index in [4.69, 9.17) is 10.2 Å². The molecule has 0 radical (unpaired) electrons. The standard InChI is InChI=1S/C14H21N3O4S/c15-14(18)12-4-3-7-16(12)10-11-5-6-13(21-11)22(19,20)17-8-1-2-9-17/h5-6,12H,1-4,7-10H2,(H2,15,18)/t12-/m0/s1. The summed E-state index contributed by atoms with van der Waals surface area (Å²) in [6.07, 6.45) is 3.43. The molecule has 0 aliphatic carbocycles. The maximum atomic E-state index is 12.4. The lowest BCUT2D eigenvalue weighted by Gasteiger charge is -2.20. The fourth-order valence-corrected chi connectivity index (χ4v) is 4.62. The molecule has 8 heteroatoms.